The van der Waals surface area contributed by atoms with Crippen molar-refractivity contribution in [2.24, 2.45) is 5.92 Å². The van der Waals surface area contributed by atoms with Crippen LogP contribution in [0.3, 0.4) is 0 Å². The molecule has 0 aliphatic rings. The standard InChI is InChI=1S/C9H10O2.C5H12.C2H6/c1-6-4-3-5-8(7(2)10)9(6)11;1-4-5(2)3;1-2/h3-5,11H,1-2H3;5H,4H2,1-3H3;1-2H3. The van der Waals surface area contributed by atoms with E-state index in [1.807, 2.05) is 13.8 Å². The highest BCUT2D eigenvalue weighted by Gasteiger charge is 2.06. The molecule has 104 valence electrons. The number of hydrogen-bond donors (Lipinski definition) is 1. The lowest BCUT2D eigenvalue weighted by Crippen LogP contribution is -1.93. The van der Waals surface area contributed by atoms with Crippen LogP contribution in [0, 0.1) is 12.8 Å². The van der Waals surface area contributed by atoms with E-state index in [-0.39, 0.29) is 11.5 Å². The molecule has 0 aromatic heterocycles. The van der Waals surface area contributed by atoms with Gasteiger partial charge in [-0.2, -0.15) is 0 Å². The molecule has 0 aliphatic heterocycles. The second-order valence-corrected chi connectivity index (χ2v) is 4.33. The first-order valence-corrected chi connectivity index (χ1v) is 6.69. The van der Waals surface area contributed by atoms with Crippen LogP contribution in [-0.2, 0) is 0 Å². The summed E-state index contributed by atoms with van der Waals surface area (Å²) in [5, 5.41) is 9.35. The van der Waals surface area contributed by atoms with Crippen LogP contribution < -0.4 is 0 Å². The summed E-state index contributed by atoms with van der Waals surface area (Å²) in [7, 11) is 0. The molecule has 0 atom stereocenters. The summed E-state index contributed by atoms with van der Waals surface area (Å²) in [6, 6.07) is 5.14. The quantitative estimate of drug-likeness (QED) is 0.753. The van der Waals surface area contributed by atoms with E-state index < -0.39 is 0 Å². The molecule has 0 unspecified atom stereocenters. The molecule has 0 aliphatic carbocycles. The van der Waals surface area contributed by atoms with Gasteiger partial charge in [-0.3, -0.25) is 4.79 Å². The van der Waals surface area contributed by atoms with Crippen molar-refractivity contribution >= 4 is 5.78 Å². The molecule has 2 nitrogen and oxygen atoms in total. The number of hydrogen-bond acceptors (Lipinski definition) is 2. The van der Waals surface area contributed by atoms with Crippen LogP contribution in [0.2, 0.25) is 0 Å². The minimum absolute atomic E-state index is 0.0972. The van der Waals surface area contributed by atoms with Gasteiger partial charge >= 0.3 is 0 Å². The maximum Gasteiger partial charge on any atom is 0.163 e. The number of carbonyl (C=O) groups is 1. The van der Waals surface area contributed by atoms with Gasteiger partial charge in [-0.1, -0.05) is 53.2 Å². The van der Waals surface area contributed by atoms with Crippen molar-refractivity contribution in [1.82, 2.24) is 0 Å². The number of phenols is 1. The fraction of sp³-hybridized carbons (Fsp3) is 0.562. The Morgan fingerprint density at radius 3 is 2.00 bits per heavy atom. The Bertz CT molecular complexity index is 341. The number of para-hydroxylation sites is 1. The largest absolute Gasteiger partial charge is 0.507 e. The van der Waals surface area contributed by atoms with Crippen molar-refractivity contribution in [2.45, 2.75) is 54.9 Å². The third-order valence-electron chi connectivity index (χ3n) is 2.43. The molecule has 1 N–H and O–H groups in total. The second kappa shape index (κ2) is 10.8. The predicted octanol–water partition coefficient (Wildman–Crippen LogP) is 4.98. The van der Waals surface area contributed by atoms with Crippen molar-refractivity contribution in [3.8, 4) is 5.75 Å². The Morgan fingerprint density at radius 1 is 1.28 bits per heavy atom. The van der Waals surface area contributed by atoms with Gasteiger partial charge in [0.05, 0.1) is 5.56 Å². The smallest absolute Gasteiger partial charge is 0.163 e. The third kappa shape index (κ3) is 7.88. The summed E-state index contributed by atoms with van der Waals surface area (Å²) < 4.78 is 0. The van der Waals surface area contributed by atoms with Crippen LogP contribution in [0.5, 0.6) is 5.75 Å². The minimum Gasteiger partial charge on any atom is -0.507 e. The van der Waals surface area contributed by atoms with Crippen molar-refractivity contribution in [3.05, 3.63) is 29.3 Å². The summed E-state index contributed by atoms with van der Waals surface area (Å²) >= 11 is 0. The van der Waals surface area contributed by atoms with E-state index in [0.29, 0.717) is 5.56 Å². The molecule has 0 radical (unpaired) electrons. The predicted molar refractivity (Wildman–Crippen MR) is 79.3 cm³/mol. The molecule has 0 fully saturated rings. The molecule has 2 heteroatoms. The van der Waals surface area contributed by atoms with E-state index in [2.05, 4.69) is 20.8 Å². The van der Waals surface area contributed by atoms with Gasteiger partial charge in [0.25, 0.3) is 0 Å². The van der Waals surface area contributed by atoms with Gasteiger partial charge in [-0.25, -0.2) is 0 Å². The molecule has 1 aromatic carbocycles. The topological polar surface area (TPSA) is 37.3 Å². The minimum atomic E-state index is -0.105. The van der Waals surface area contributed by atoms with Gasteiger partial charge in [0, 0.05) is 0 Å². The van der Waals surface area contributed by atoms with Crippen LogP contribution >= 0.6 is 0 Å². The molecule has 0 saturated heterocycles. The van der Waals surface area contributed by atoms with Crippen molar-refractivity contribution in [2.75, 3.05) is 0 Å². The zero-order valence-corrected chi connectivity index (χ0v) is 12.9. The first-order chi connectivity index (χ1) is 8.40. The molecule has 0 amide bonds. The van der Waals surface area contributed by atoms with Crippen LogP contribution in [0.15, 0.2) is 18.2 Å². The highest BCUT2D eigenvalue weighted by Crippen LogP contribution is 2.21. The Labute approximate surface area is 112 Å². The van der Waals surface area contributed by atoms with E-state index in [9.17, 15) is 9.90 Å². The van der Waals surface area contributed by atoms with E-state index in [1.165, 1.54) is 13.3 Å². The number of carbonyl (C=O) groups excluding carboxylic acids is 1. The molecule has 1 aromatic rings. The number of rotatable bonds is 2. The Hall–Kier alpha value is -1.31. The lowest BCUT2D eigenvalue weighted by Gasteiger charge is -2.01. The number of aryl methyl sites for hydroxylation is 1. The maximum atomic E-state index is 10.9. The average Bonchev–Trinajstić information content (AvgIpc) is 2.35. The van der Waals surface area contributed by atoms with Crippen molar-refractivity contribution in [3.63, 3.8) is 0 Å². The monoisotopic (exact) mass is 252 g/mol. The van der Waals surface area contributed by atoms with Gasteiger partial charge in [0.1, 0.15) is 5.75 Å². The van der Waals surface area contributed by atoms with Crippen LogP contribution in [0.25, 0.3) is 0 Å². The molecule has 0 spiro atoms. The summed E-state index contributed by atoms with van der Waals surface area (Å²) in [5.41, 5.74) is 1.13. The number of phenolic OH excluding ortho intramolecular Hbond substituents is 1. The van der Waals surface area contributed by atoms with Crippen LogP contribution in [-0.4, -0.2) is 10.9 Å². The Morgan fingerprint density at radius 2 is 1.72 bits per heavy atom. The van der Waals surface area contributed by atoms with Gasteiger partial charge in [-0.05, 0) is 31.4 Å². The molecular formula is C16H28O2. The van der Waals surface area contributed by atoms with Crippen LogP contribution in [0.1, 0.15) is 63.9 Å². The molecule has 1 rings (SSSR count). The fourth-order valence-electron chi connectivity index (χ4n) is 0.943. The third-order valence-corrected chi connectivity index (χ3v) is 2.43. The Kier molecular flexibility index (Phi) is 11.4. The van der Waals surface area contributed by atoms with Crippen molar-refractivity contribution in [1.29, 1.82) is 0 Å². The molecule has 18 heavy (non-hydrogen) atoms. The zero-order valence-electron chi connectivity index (χ0n) is 12.9. The number of ketones is 1. The zero-order chi connectivity index (χ0) is 14.7. The number of benzene rings is 1. The summed E-state index contributed by atoms with van der Waals surface area (Å²) in [4.78, 5) is 10.9. The molecular weight excluding hydrogens is 224 g/mol. The maximum absolute atomic E-state index is 10.9. The van der Waals surface area contributed by atoms with Crippen molar-refractivity contribution < 1.29 is 9.90 Å². The van der Waals surface area contributed by atoms with E-state index >= 15 is 0 Å². The van der Waals surface area contributed by atoms with Gasteiger partial charge in [0.15, 0.2) is 5.78 Å². The average molecular weight is 252 g/mol. The SMILES string of the molecule is CC.CC(=O)c1cccc(C)c1O.CCC(C)C. The van der Waals surface area contributed by atoms with Gasteiger partial charge in [-0.15, -0.1) is 0 Å². The highest BCUT2D eigenvalue weighted by atomic mass is 16.3. The first-order valence-electron chi connectivity index (χ1n) is 6.69. The highest BCUT2D eigenvalue weighted by molar-refractivity contribution is 5.97. The lowest BCUT2D eigenvalue weighted by molar-refractivity contribution is 0.101. The number of Topliss-reactive ketones (excluding diaryl/α,β-unsaturated/α-hetero) is 1. The normalized spacial score (nSPS) is 8.89. The summed E-state index contributed by atoms with van der Waals surface area (Å²) in [6.45, 7) is 13.8. The Balaban J connectivity index is 0. The second-order valence-electron chi connectivity index (χ2n) is 4.33. The molecule has 0 heterocycles. The molecule has 0 saturated carbocycles. The van der Waals surface area contributed by atoms with Gasteiger partial charge < -0.3 is 5.11 Å². The molecule has 0 bridgehead atoms. The fourth-order valence-corrected chi connectivity index (χ4v) is 0.943. The van der Waals surface area contributed by atoms with Crippen LogP contribution in [0.4, 0.5) is 0 Å². The summed E-state index contributed by atoms with van der Waals surface area (Å²) in [5.74, 6) is 0.876. The van der Waals surface area contributed by atoms with E-state index in [1.54, 1.807) is 25.1 Å². The van der Waals surface area contributed by atoms with E-state index in [4.69, 9.17) is 0 Å². The number of aromatic hydroxyl groups is 1. The lowest BCUT2D eigenvalue weighted by atomic mass is 10.1. The first kappa shape index (κ1) is 19.0. The van der Waals surface area contributed by atoms with Gasteiger partial charge in [0.2, 0.25) is 0 Å². The summed E-state index contributed by atoms with van der Waals surface area (Å²) in [6.07, 6.45) is 1.31. The van der Waals surface area contributed by atoms with E-state index in [0.717, 1.165) is 11.5 Å².